The molecule has 0 amide bonds. The van der Waals surface area contributed by atoms with E-state index >= 15 is 0 Å². The molecule has 0 atom stereocenters. The molecule has 32 heavy (non-hydrogen) atoms. The summed E-state index contributed by atoms with van der Waals surface area (Å²) in [5.41, 5.74) is 0.617. The number of methoxy groups -OCH3 is 2. The molecule has 0 spiro atoms. The van der Waals surface area contributed by atoms with Gasteiger partial charge in [-0.1, -0.05) is 5.16 Å². The standard InChI is InChI=1S/C23H17F3N2O4/c1-29-19-12-5-15(13-20(19)30-2)22-27-21(28-32-22)14-3-8-17(9-4-14)31-18-10-6-16(7-11-18)23(24,25)26/h3-13H,1-2H3. The molecule has 0 aliphatic rings. The first-order valence-electron chi connectivity index (χ1n) is 9.39. The first-order chi connectivity index (χ1) is 15.4. The predicted molar refractivity (Wildman–Crippen MR) is 110 cm³/mol. The van der Waals surface area contributed by atoms with E-state index in [-0.39, 0.29) is 0 Å². The third-order valence-electron chi connectivity index (χ3n) is 4.59. The Hall–Kier alpha value is -4.01. The highest BCUT2D eigenvalue weighted by Gasteiger charge is 2.30. The number of hydrogen-bond acceptors (Lipinski definition) is 6. The molecule has 3 aromatic carbocycles. The number of rotatable bonds is 6. The van der Waals surface area contributed by atoms with Gasteiger partial charge in [-0.05, 0) is 66.7 Å². The highest BCUT2D eigenvalue weighted by molar-refractivity contribution is 5.63. The van der Waals surface area contributed by atoms with Crippen molar-refractivity contribution in [2.45, 2.75) is 6.18 Å². The Bertz CT molecular complexity index is 1200. The molecule has 1 aromatic heterocycles. The number of hydrogen-bond donors (Lipinski definition) is 0. The Morgan fingerprint density at radius 2 is 1.34 bits per heavy atom. The summed E-state index contributed by atoms with van der Waals surface area (Å²) in [6, 6.07) is 16.5. The predicted octanol–water partition coefficient (Wildman–Crippen LogP) is 6.23. The van der Waals surface area contributed by atoms with Crippen molar-refractivity contribution >= 4 is 0 Å². The molecular weight excluding hydrogens is 425 g/mol. The van der Waals surface area contributed by atoms with Crippen molar-refractivity contribution in [1.82, 2.24) is 10.1 Å². The molecule has 0 radical (unpaired) electrons. The minimum Gasteiger partial charge on any atom is -0.493 e. The lowest BCUT2D eigenvalue weighted by Gasteiger charge is -2.09. The Balaban J connectivity index is 1.49. The molecule has 0 N–H and O–H groups in total. The van der Waals surface area contributed by atoms with E-state index in [2.05, 4.69) is 10.1 Å². The summed E-state index contributed by atoms with van der Waals surface area (Å²) in [6.07, 6.45) is -4.39. The van der Waals surface area contributed by atoms with Crippen LogP contribution in [0, 0.1) is 0 Å². The first-order valence-corrected chi connectivity index (χ1v) is 9.39. The lowest BCUT2D eigenvalue weighted by Crippen LogP contribution is -2.03. The SMILES string of the molecule is COc1ccc(-c2nc(-c3ccc(Oc4ccc(C(F)(F)F)cc4)cc3)no2)cc1OC. The number of alkyl halides is 3. The molecule has 1 heterocycles. The highest BCUT2D eigenvalue weighted by atomic mass is 19.4. The van der Waals surface area contributed by atoms with E-state index in [1.165, 1.54) is 19.2 Å². The number of benzene rings is 3. The second-order valence-electron chi connectivity index (χ2n) is 6.64. The molecule has 0 aliphatic heterocycles. The summed E-state index contributed by atoms with van der Waals surface area (Å²) in [4.78, 5) is 4.41. The van der Waals surface area contributed by atoms with Crippen molar-refractivity contribution in [3.63, 3.8) is 0 Å². The van der Waals surface area contributed by atoms with Crippen LogP contribution in [0.5, 0.6) is 23.0 Å². The van der Waals surface area contributed by atoms with Crippen LogP contribution < -0.4 is 14.2 Å². The minimum atomic E-state index is -4.39. The van der Waals surface area contributed by atoms with Crippen molar-refractivity contribution in [2.75, 3.05) is 14.2 Å². The maximum Gasteiger partial charge on any atom is 0.416 e. The van der Waals surface area contributed by atoms with Crippen LogP contribution in [-0.2, 0) is 6.18 Å². The fraction of sp³-hybridized carbons (Fsp3) is 0.130. The lowest BCUT2D eigenvalue weighted by molar-refractivity contribution is -0.137. The van der Waals surface area contributed by atoms with Gasteiger partial charge in [0.05, 0.1) is 19.8 Å². The van der Waals surface area contributed by atoms with Gasteiger partial charge in [-0.15, -0.1) is 0 Å². The second kappa shape index (κ2) is 8.62. The molecule has 0 saturated heterocycles. The van der Waals surface area contributed by atoms with Gasteiger partial charge in [0.1, 0.15) is 11.5 Å². The number of halogens is 3. The molecular formula is C23H17F3N2O4. The monoisotopic (exact) mass is 442 g/mol. The highest BCUT2D eigenvalue weighted by Crippen LogP contribution is 2.33. The average molecular weight is 442 g/mol. The average Bonchev–Trinajstić information content (AvgIpc) is 3.29. The van der Waals surface area contributed by atoms with Gasteiger partial charge in [0.25, 0.3) is 5.89 Å². The van der Waals surface area contributed by atoms with Gasteiger partial charge in [-0.2, -0.15) is 18.2 Å². The molecule has 4 rings (SSSR count). The Morgan fingerprint density at radius 1 is 0.750 bits per heavy atom. The van der Waals surface area contributed by atoms with Crippen molar-refractivity contribution in [3.8, 4) is 45.8 Å². The van der Waals surface area contributed by atoms with Gasteiger partial charge in [0.15, 0.2) is 11.5 Å². The van der Waals surface area contributed by atoms with Gasteiger partial charge in [-0.3, -0.25) is 0 Å². The van der Waals surface area contributed by atoms with E-state index in [1.807, 2.05) is 0 Å². The van der Waals surface area contributed by atoms with Crippen LogP contribution in [0.3, 0.4) is 0 Å². The number of aromatic nitrogens is 2. The van der Waals surface area contributed by atoms with Gasteiger partial charge in [0, 0.05) is 11.1 Å². The van der Waals surface area contributed by atoms with Crippen LogP contribution in [0.4, 0.5) is 13.2 Å². The summed E-state index contributed by atoms with van der Waals surface area (Å²) >= 11 is 0. The minimum absolute atomic E-state index is 0.293. The first kappa shape index (κ1) is 21.2. The molecule has 4 aromatic rings. The summed E-state index contributed by atoms with van der Waals surface area (Å²) in [6.45, 7) is 0. The molecule has 0 saturated carbocycles. The van der Waals surface area contributed by atoms with E-state index < -0.39 is 11.7 Å². The Labute approximate surface area is 181 Å². The Morgan fingerprint density at radius 3 is 1.94 bits per heavy atom. The van der Waals surface area contributed by atoms with E-state index in [9.17, 15) is 13.2 Å². The molecule has 9 heteroatoms. The number of ether oxygens (including phenoxy) is 3. The van der Waals surface area contributed by atoms with Crippen LogP contribution in [0.15, 0.2) is 71.3 Å². The van der Waals surface area contributed by atoms with Crippen molar-refractivity contribution in [2.24, 2.45) is 0 Å². The van der Waals surface area contributed by atoms with Crippen molar-refractivity contribution < 1.29 is 31.9 Å². The van der Waals surface area contributed by atoms with Gasteiger partial charge in [-0.25, -0.2) is 0 Å². The molecule has 0 fully saturated rings. The van der Waals surface area contributed by atoms with Crippen LogP contribution in [-0.4, -0.2) is 24.4 Å². The van der Waals surface area contributed by atoms with Gasteiger partial charge >= 0.3 is 6.18 Å². The molecule has 164 valence electrons. The zero-order valence-corrected chi connectivity index (χ0v) is 17.0. The molecule has 0 aliphatic carbocycles. The number of nitrogens with zero attached hydrogens (tertiary/aromatic N) is 2. The van der Waals surface area contributed by atoms with Gasteiger partial charge < -0.3 is 18.7 Å². The zero-order valence-electron chi connectivity index (χ0n) is 17.0. The fourth-order valence-corrected chi connectivity index (χ4v) is 2.95. The van der Waals surface area contributed by atoms with Crippen molar-refractivity contribution in [3.05, 3.63) is 72.3 Å². The fourth-order valence-electron chi connectivity index (χ4n) is 2.95. The summed E-state index contributed by atoms with van der Waals surface area (Å²) in [5.74, 6) is 2.55. The topological polar surface area (TPSA) is 66.6 Å². The second-order valence-corrected chi connectivity index (χ2v) is 6.64. The van der Waals surface area contributed by atoms with Crippen LogP contribution in [0.1, 0.15) is 5.56 Å². The van der Waals surface area contributed by atoms with E-state index in [4.69, 9.17) is 18.7 Å². The van der Waals surface area contributed by atoms with Crippen LogP contribution >= 0.6 is 0 Å². The normalized spacial score (nSPS) is 11.3. The zero-order chi connectivity index (χ0) is 22.7. The van der Waals surface area contributed by atoms with Crippen LogP contribution in [0.25, 0.3) is 22.8 Å². The lowest BCUT2D eigenvalue weighted by atomic mass is 10.2. The molecule has 6 nitrogen and oxygen atoms in total. The molecule has 0 unspecified atom stereocenters. The largest absolute Gasteiger partial charge is 0.493 e. The van der Waals surface area contributed by atoms with E-state index in [1.54, 1.807) is 49.6 Å². The maximum atomic E-state index is 12.7. The van der Waals surface area contributed by atoms with E-state index in [0.717, 1.165) is 12.1 Å². The van der Waals surface area contributed by atoms with Crippen molar-refractivity contribution in [1.29, 1.82) is 0 Å². The molecule has 0 bridgehead atoms. The van der Waals surface area contributed by atoms with Crippen LogP contribution in [0.2, 0.25) is 0 Å². The summed E-state index contributed by atoms with van der Waals surface area (Å²) < 4.78 is 59.5. The maximum absolute atomic E-state index is 12.7. The Kier molecular flexibility index (Phi) is 5.72. The quantitative estimate of drug-likeness (QED) is 0.353. The smallest absolute Gasteiger partial charge is 0.416 e. The summed E-state index contributed by atoms with van der Waals surface area (Å²) in [7, 11) is 3.09. The van der Waals surface area contributed by atoms with Gasteiger partial charge in [0.2, 0.25) is 5.82 Å². The third-order valence-corrected chi connectivity index (χ3v) is 4.59. The van der Waals surface area contributed by atoms with E-state index in [0.29, 0.717) is 45.8 Å². The third kappa shape index (κ3) is 4.51. The summed E-state index contributed by atoms with van der Waals surface area (Å²) in [5, 5.41) is 4.00.